The molecule has 1 fully saturated rings. The lowest BCUT2D eigenvalue weighted by molar-refractivity contribution is 0.0400. The van der Waals surface area contributed by atoms with Gasteiger partial charge in [0.15, 0.2) is 0 Å². The molecule has 5 rings (SSSR count). The SMILES string of the molecule is OC(COc1ccccc1C=Cc1cccnc1)CN1CCN(C(c2ccccc2)c2ccccc2)CC1. The Hall–Kier alpha value is -3.77. The molecule has 0 spiro atoms. The lowest BCUT2D eigenvalue weighted by atomic mass is 9.96. The molecule has 1 aliphatic heterocycles. The standard InChI is InChI=1S/C33H35N3O2/c37-31(26-38-32-16-8-7-11-28(32)18-17-27-10-9-19-34-24-27)25-35-20-22-36(23-21-35)33(29-12-3-1-4-13-29)30-14-5-2-6-15-30/h1-19,24,31,33,37H,20-23,25-26H2. The number of hydrogen-bond acceptors (Lipinski definition) is 5. The van der Waals surface area contributed by atoms with Gasteiger partial charge in [0.05, 0.1) is 6.04 Å². The number of hydrogen-bond donors (Lipinski definition) is 1. The molecule has 0 amide bonds. The summed E-state index contributed by atoms with van der Waals surface area (Å²) >= 11 is 0. The zero-order valence-corrected chi connectivity index (χ0v) is 21.6. The highest BCUT2D eigenvalue weighted by Crippen LogP contribution is 2.29. The maximum absolute atomic E-state index is 10.8. The molecular weight excluding hydrogens is 470 g/mol. The van der Waals surface area contributed by atoms with Gasteiger partial charge in [0.25, 0.3) is 0 Å². The summed E-state index contributed by atoms with van der Waals surface area (Å²) in [7, 11) is 0. The summed E-state index contributed by atoms with van der Waals surface area (Å²) in [4.78, 5) is 9.05. The first-order chi connectivity index (χ1) is 18.8. The van der Waals surface area contributed by atoms with Gasteiger partial charge in [-0.25, -0.2) is 0 Å². The molecule has 5 nitrogen and oxygen atoms in total. The van der Waals surface area contributed by atoms with Crippen molar-refractivity contribution in [3.63, 3.8) is 0 Å². The number of aliphatic hydroxyl groups is 1. The highest BCUT2D eigenvalue weighted by molar-refractivity contribution is 5.72. The quantitative estimate of drug-likeness (QED) is 0.313. The van der Waals surface area contributed by atoms with E-state index in [-0.39, 0.29) is 12.6 Å². The molecule has 1 unspecified atom stereocenters. The predicted octanol–water partition coefficient (Wildman–Crippen LogP) is 5.40. The number of piperazine rings is 1. The minimum absolute atomic E-state index is 0.240. The number of ether oxygens (including phenoxy) is 1. The Morgan fingerprint density at radius 2 is 1.42 bits per heavy atom. The molecule has 0 radical (unpaired) electrons. The molecule has 0 bridgehead atoms. The van der Waals surface area contributed by atoms with Gasteiger partial charge in [-0.2, -0.15) is 0 Å². The molecule has 194 valence electrons. The summed E-state index contributed by atoms with van der Waals surface area (Å²) in [6, 6.07) is 33.6. The Kier molecular flexibility index (Phi) is 8.95. The lowest BCUT2D eigenvalue weighted by Gasteiger charge is -2.40. The van der Waals surface area contributed by atoms with Gasteiger partial charge in [-0.15, -0.1) is 0 Å². The number of para-hydroxylation sites is 1. The first kappa shape index (κ1) is 25.9. The number of rotatable bonds is 10. The predicted molar refractivity (Wildman–Crippen MR) is 154 cm³/mol. The van der Waals surface area contributed by atoms with Gasteiger partial charge >= 0.3 is 0 Å². The Morgan fingerprint density at radius 3 is 2.08 bits per heavy atom. The van der Waals surface area contributed by atoms with Crippen LogP contribution in [0.4, 0.5) is 0 Å². The van der Waals surface area contributed by atoms with Gasteiger partial charge in [-0.05, 0) is 28.8 Å². The van der Waals surface area contributed by atoms with Gasteiger partial charge in [0, 0.05) is 50.7 Å². The maximum Gasteiger partial charge on any atom is 0.126 e. The van der Waals surface area contributed by atoms with E-state index < -0.39 is 6.10 Å². The van der Waals surface area contributed by atoms with E-state index in [0.717, 1.165) is 43.1 Å². The van der Waals surface area contributed by atoms with E-state index >= 15 is 0 Å². The second-order valence-electron chi connectivity index (χ2n) is 9.68. The second kappa shape index (κ2) is 13.2. The number of benzene rings is 3. The largest absolute Gasteiger partial charge is 0.490 e. The number of pyridine rings is 1. The van der Waals surface area contributed by atoms with Crippen molar-refractivity contribution in [3.8, 4) is 5.75 Å². The molecule has 0 aliphatic carbocycles. The van der Waals surface area contributed by atoms with Gasteiger partial charge < -0.3 is 9.84 Å². The van der Waals surface area contributed by atoms with Crippen LogP contribution in [0.25, 0.3) is 12.2 Å². The molecule has 0 saturated carbocycles. The van der Waals surface area contributed by atoms with Crippen molar-refractivity contribution in [2.45, 2.75) is 12.1 Å². The van der Waals surface area contributed by atoms with Crippen LogP contribution >= 0.6 is 0 Å². The molecule has 2 heterocycles. The van der Waals surface area contributed by atoms with Gasteiger partial charge in [-0.3, -0.25) is 14.8 Å². The smallest absolute Gasteiger partial charge is 0.126 e. The summed E-state index contributed by atoms with van der Waals surface area (Å²) in [6.45, 7) is 4.58. The summed E-state index contributed by atoms with van der Waals surface area (Å²) in [6.07, 6.45) is 7.07. The van der Waals surface area contributed by atoms with Crippen LogP contribution in [-0.4, -0.2) is 65.3 Å². The fourth-order valence-electron chi connectivity index (χ4n) is 5.04. The second-order valence-corrected chi connectivity index (χ2v) is 9.68. The Bertz CT molecular complexity index is 1230. The molecular formula is C33H35N3O2. The minimum atomic E-state index is -0.559. The molecule has 1 atom stereocenters. The maximum atomic E-state index is 10.8. The summed E-state index contributed by atoms with van der Waals surface area (Å²) in [5.41, 5.74) is 4.64. The van der Waals surface area contributed by atoms with E-state index in [2.05, 4.69) is 75.4 Å². The summed E-state index contributed by atoms with van der Waals surface area (Å²) in [5, 5.41) is 10.8. The molecule has 1 aromatic heterocycles. The highest BCUT2D eigenvalue weighted by Gasteiger charge is 2.27. The molecule has 4 aromatic rings. The molecule has 5 heteroatoms. The fourth-order valence-corrected chi connectivity index (χ4v) is 5.04. The Labute approximate surface area is 225 Å². The lowest BCUT2D eigenvalue weighted by Crippen LogP contribution is -2.50. The molecule has 3 aromatic carbocycles. The van der Waals surface area contributed by atoms with Crippen LogP contribution in [-0.2, 0) is 0 Å². The van der Waals surface area contributed by atoms with Crippen molar-refractivity contribution in [2.75, 3.05) is 39.3 Å². The van der Waals surface area contributed by atoms with Gasteiger partial charge in [0.1, 0.15) is 18.5 Å². The first-order valence-electron chi connectivity index (χ1n) is 13.3. The summed E-state index contributed by atoms with van der Waals surface area (Å²) < 4.78 is 6.05. The van der Waals surface area contributed by atoms with Crippen molar-refractivity contribution in [1.82, 2.24) is 14.8 Å². The number of aromatic nitrogens is 1. The van der Waals surface area contributed by atoms with Crippen molar-refractivity contribution < 1.29 is 9.84 Å². The summed E-state index contributed by atoms with van der Waals surface area (Å²) in [5.74, 6) is 0.769. The van der Waals surface area contributed by atoms with Crippen molar-refractivity contribution in [3.05, 3.63) is 132 Å². The van der Waals surface area contributed by atoms with Crippen LogP contribution in [0.2, 0.25) is 0 Å². The highest BCUT2D eigenvalue weighted by atomic mass is 16.5. The zero-order chi connectivity index (χ0) is 26.0. The topological polar surface area (TPSA) is 48.8 Å². The monoisotopic (exact) mass is 505 g/mol. The van der Waals surface area contributed by atoms with Crippen LogP contribution in [0.15, 0.2) is 109 Å². The van der Waals surface area contributed by atoms with Gasteiger partial charge in [-0.1, -0.05) is 97.1 Å². The van der Waals surface area contributed by atoms with E-state index in [9.17, 15) is 5.11 Å². The minimum Gasteiger partial charge on any atom is -0.490 e. The average Bonchev–Trinajstić information content (AvgIpc) is 2.98. The molecule has 1 N–H and O–H groups in total. The number of aliphatic hydroxyl groups excluding tert-OH is 1. The third kappa shape index (κ3) is 6.95. The normalized spacial score (nSPS) is 15.6. The Morgan fingerprint density at radius 1 is 0.763 bits per heavy atom. The van der Waals surface area contributed by atoms with Crippen LogP contribution in [0.3, 0.4) is 0 Å². The molecule has 1 saturated heterocycles. The van der Waals surface area contributed by atoms with Crippen LogP contribution in [0.5, 0.6) is 5.75 Å². The number of β-amino-alcohol motifs (C(OH)–C–C–N with tert-alkyl or cyclic N) is 1. The fraction of sp³-hybridized carbons (Fsp3) is 0.242. The first-order valence-corrected chi connectivity index (χ1v) is 13.3. The van der Waals surface area contributed by atoms with E-state index in [1.807, 2.05) is 54.7 Å². The van der Waals surface area contributed by atoms with Crippen molar-refractivity contribution >= 4 is 12.2 Å². The van der Waals surface area contributed by atoms with E-state index in [1.54, 1.807) is 6.20 Å². The van der Waals surface area contributed by atoms with Crippen LogP contribution in [0.1, 0.15) is 28.3 Å². The van der Waals surface area contributed by atoms with E-state index in [4.69, 9.17) is 4.74 Å². The van der Waals surface area contributed by atoms with Crippen LogP contribution in [0, 0.1) is 0 Å². The van der Waals surface area contributed by atoms with Crippen molar-refractivity contribution in [1.29, 1.82) is 0 Å². The van der Waals surface area contributed by atoms with Crippen molar-refractivity contribution in [2.24, 2.45) is 0 Å². The van der Waals surface area contributed by atoms with Crippen LogP contribution < -0.4 is 4.74 Å². The molecule has 38 heavy (non-hydrogen) atoms. The van der Waals surface area contributed by atoms with E-state index in [1.165, 1.54) is 11.1 Å². The molecule has 1 aliphatic rings. The zero-order valence-electron chi connectivity index (χ0n) is 21.6. The third-order valence-electron chi connectivity index (χ3n) is 6.96. The van der Waals surface area contributed by atoms with Gasteiger partial charge in [0.2, 0.25) is 0 Å². The number of nitrogens with zero attached hydrogens (tertiary/aromatic N) is 3. The van der Waals surface area contributed by atoms with E-state index in [0.29, 0.717) is 6.54 Å². The Balaban J connectivity index is 1.15. The average molecular weight is 506 g/mol. The third-order valence-corrected chi connectivity index (χ3v) is 6.96.